The van der Waals surface area contributed by atoms with E-state index in [2.05, 4.69) is 5.32 Å². The first-order chi connectivity index (χ1) is 10.6. The molecule has 0 heterocycles. The minimum Gasteiger partial charge on any atom is -0.379 e. The molecule has 0 aromatic carbocycles. The van der Waals surface area contributed by atoms with Gasteiger partial charge in [0.2, 0.25) is 0 Å². The number of carbonyl (C=O) groups excluding carboxylic acids is 3. The molecule has 0 atom stereocenters. The average molecular weight is 317 g/mol. The first kappa shape index (κ1) is 20.9. The molecule has 0 bridgehead atoms. The van der Waals surface area contributed by atoms with Gasteiger partial charge >= 0.3 is 0 Å². The molecule has 0 saturated heterocycles. The molecule has 7 heteroatoms. The van der Waals surface area contributed by atoms with Crippen LogP contribution in [-0.4, -0.2) is 70.6 Å². The number of hydrogen-bond acceptors (Lipinski definition) is 7. The monoisotopic (exact) mass is 317 g/mol. The quantitative estimate of drug-likeness (QED) is 0.320. The summed E-state index contributed by atoms with van der Waals surface area (Å²) < 4.78 is 16.5. The maximum atomic E-state index is 10.9. The van der Waals surface area contributed by atoms with Gasteiger partial charge in [0.15, 0.2) is 0 Å². The maximum absolute atomic E-state index is 10.9. The van der Waals surface area contributed by atoms with Gasteiger partial charge in [0.25, 0.3) is 0 Å². The molecule has 0 aliphatic carbocycles. The minimum absolute atomic E-state index is 0.0690. The summed E-state index contributed by atoms with van der Waals surface area (Å²) in [7, 11) is 1.76. The number of carbonyl (C=O) groups is 3. The van der Waals surface area contributed by atoms with Gasteiger partial charge in [-0.1, -0.05) is 0 Å². The maximum Gasteiger partial charge on any atom is 0.132 e. The van der Waals surface area contributed by atoms with Crippen molar-refractivity contribution in [1.82, 2.24) is 5.32 Å². The van der Waals surface area contributed by atoms with E-state index >= 15 is 0 Å². The van der Waals surface area contributed by atoms with E-state index in [-0.39, 0.29) is 5.78 Å². The van der Waals surface area contributed by atoms with Gasteiger partial charge in [-0.3, -0.25) is 4.79 Å². The fraction of sp³-hybridized carbons (Fsp3) is 0.800. The van der Waals surface area contributed by atoms with Crippen LogP contribution in [0.3, 0.4) is 0 Å². The highest BCUT2D eigenvalue weighted by Crippen LogP contribution is 2.09. The predicted molar refractivity (Wildman–Crippen MR) is 80.9 cm³/mol. The first-order valence-corrected chi connectivity index (χ1v) is 7.39. The lowest BCUT2D eigenvalue weighted by molar-refractivity contribution is -0.118. The van der Waals surface area contributed by atoms with E-state index in [4.69, 9.17) is 14.2 Å². The van der Waals surface area contributed by atoms with Crippen molar-refractivity contribution < 1.29 is 28.6 Å². The zero-order chi connectivity index (χ0) is 16.7. The summed E-state index contributed by atoms with van der Waals surface area (Å²) in [4.78, 5) is 31.5. The Balaban J connectivity index is 4.35. The van der Waals surface area contributed by atoms with Crippen molar-refractivity contribution in [2.45, 2.75) is 31.7 Å². The summed E-state index contributed by atoms with van der Waals surface area (Å²) >= 11 is 0. The van der Waals surface area contributed by atoms with E-state index in [1.165, 1.54) is 6.92 Å². The van der Waals surface area contributed by atoms with Gasteiger partial charge in [-0.25, -0.2) is 0 Å². The van der Waals surface area contributed by atoms with E-state index in [9.17, 15) is 14.4 Å². The molecular formula is C15H27NO6. The van der Waals surface area contributed by atoms with Gasteiger partial charge in [0.1, 0.15) is 18.4 Å². The van der Waals surface area contributed by atoms with Crippen molar-refractivity contribution in [2.24, 2.45) is 0 Å². The molecule has 0 unspecified atom stereocenters. The Morgan fingerprint density at radius 1 is 0.955 bits per heavy atom. The second kappa shape index (κ2) is 13.5. The molecule has 0 aromatic rings. The van der Waals surface area contributed by atoms with Gasteiger partial charge in [-0.15, -0.1) is 0 Å². The normalized spacial score (nSPS) is 11.4. The molecule has 0 spiro atoms. The van der Waals surface area contributed by atoms with Crippen LogP contribution in [0, 0.1) is 0 Å². The second-order valence-corrected chi connectivity index (χ2v) is 5.05. The number of aldehydes is 2. The number of rotatable bonds is 16. The highest BCUT2D eigenvalue weighted by atomic mass is 16.5. The molecule has 0 rings (SSSR count). The molecule has 0 aromatic heterocycles. The molecule has 0 aliphatic rings. The van der Waals surface area contributed by atoms with Gasteiger partial charge in [0, 0.05) is 19.3 Å². The molecule has 1 N–H and O–H groups in total. The molecule has 22 heavy (non-hydrogen) atoms. The Hall–Kier alpha value is -1.15. The Labute approximate surface area is 131 Å². The Bertz CT molecular complexity index is 305. The van der Waals surface area contributed by atoms with E-state index in [0.29, 0.717) is 58.9 Å². The fourth-order valence-corrected chi connectivity index (χ4v) is 1.62. The SMILES string of the molecule is CNC(COCCC=O)(COCCC=O)COCCC(C)=O. The molecule has 7 nitrogen and oxygen atoms in total. The summed E-state index contributed by atoms with van der Waals surface area (Å²) in [6, 6.07) is 0. The van der Waals surface area contributed by atoms with Crippen molar-refractivity contribution in [3.8, 4) is 0 Å². The Kier molecular flexibility index (Phi) is 12.8. The standard InChI is InChI=1S/C15H27NO6/c1-14(19)5-10-22-13-15(16-2,11-20-8-3-6-17)12-21-9-4-7-18/h6-7,16H,3-5,8-13H2,1-2H3. The van der Waals surface area contributed by atoms with E-state index < -0.39 is 5.54 Å². The van der Waals surface area contributed by atoms with Crippen molar-refractivity contribution in [2.75, 3.05) is 46.7 Å². The summed E-state index contributed by atoms with van der Waals surface area (Å²) in [5.74, 6) is 0.0690. The van der Waals surface area contributed by atoms with Crippen molar-refractivity contribution >= 4 is 18.4 Å². The van der Waals surface area contributed by atoms with Gasteiger partial charge < -0.3 is 29.1 Å². The molecule has 128 valence electrons. The van der Waals surface area contributed by atoms with Crippen molar-refractivity contribution in [3.63, 3.8) is 0 Å². The zero-order valence-corrected chi connectivity index (χ0v) is 13.5. The topological polar surface area (TPSA) is 90.9 Å². The molecule has 0 aliphatic heterocycles. The number of likely N-dealkylation sites (N-methyl/N-ethyl adjacent to an activating group) is 1. The van der Waals surface area contributed by atoms with Crippen LogP contribution in [0.4, 0.5) is 0 Å². The molecule has 0 fully saturated rings. The van der Waals surface area contributed by atoms with E-state index in [1.807, 2.05) is 0 Å². The highest BCUT2D eigenvalue weighted by Gasteiger charge is 2.29. The van der Waals surface area contributed by atoms with Crippen LogP contribution in [0.2, 0.25) is 0 Å². The fourth-order valence-electron chi connectivity index (χ4n) is 1.62. The summed E-state index contributed by atoms with van der Waals surface area (Å²) in [5.41, 5.74) is -0.581. The number of nitrogens with one attached hydrogen (secondary N) is 1. The van der Waals surface area contributed by atoms with Crippen LogP contribution in [0.5, 0.6) is 0 Å². The average Bonchev–Trinajstić information content (AvgIpc) is 2.51. The van der Waals surface area contributed by atoms with Crippen LogP contribution in [-0.2, 0) is 28.6 Å². The minimum atomic E-state index is -0.581. The second-order valence-electron chi connectivity index (χ2n) is 5.05. The smallest absolute Gasteiger partial charge is 0.132 e. The van der Waals surface area contributed by atoms with E-state index in [1.54, 1.807) is 7.05 Å². The lowest BCUT2D eigenvalue weighted by atomic mass is 10.0. The van der Waals surface area contributed by atoms with Gasteiger partial charge in [0.05, 0.1) is 45.2 Å². The molecule has 0 radical (unpaired) electrons. The van der Waals surface area contributed by atoms with Crippen LogP contribution in [0.1, 0.15) is 26.2 Å². The summed E-state index contributed by atoms with van der Waals surface area (Å²) in [5, 5.41) is 3.12. The van der Waals surface area contributed by atoms with Crippen LogP contribution in [0.25, 0.3) is 0 Å². The number of ketones is 1. The van der Waals surface area contributed by atoms with Crippen LogP contribution >= 0.6 is 0 Å². The molecular weight excluding hydrogens is 290 g/mol. The third-order valence-corrected chi connectivity index (χ3v) is 3.02. The zero-order valence-electron chi connectivity index (χ0n) is 13.5. The highest BCUT2D eigenvalue weighted by molar-refractivity contribution is 5.75. The first-order valence-electron chi connectivity index (χ1n) is 7.39. The van der Waals surface area contributed by atoms with E-state index in [0.717, 1.165) is 12.6 Å². The van der Waals surface area contributed by atoms with Gasteiger partial charge in [-0.05, 0) is 14.0 Å². The Morgan fingerprint density at radius 2 is 1.41 bits per heavy atom. The summed E-state index contributed by atoms with van der Waals surface area (Å²) in [6.07, 6.45) is 2.61. The largest absolute Gasteiger partial charge is 0.379 e. The van der Waals surface area contributed by atoms with Crippen molar-refractivity contribution in [3.05, 3.63) is 0 Å². The third kappa shape index (κ3) is 10.6. The third-order valence-electron chi connectivity index (χ3n) is 3.02. The van der Waals surface area contributed by atoms with Crippen molar-refractivity contribution in [1.29, 1.82) is 0 Å². The lowest BCUT2D eigenvalue weighted by Crippen LogP contribution is -2.55. The lowest BCUT2D eigenvalue weighted by Gasteiger charge is -2.32. The number of hydrogen-bond donors (Lipinski definition) is 1. The number of ether oxygens (including phenoxy) is 3. The van der Waals surface area contributed by atoms with Crippen LogP contribution in [0.15, 0.2) is 0 Å². The van der Waals surface area contributed by atoms with Gasteiger partial charge in [-0.2, -0.15) is 0 Å². The Morgan fingerprint density at radius 3 is 1.77 bits per heavy atom. The predicted octanol–water partition coefficient (Wildman–Crippen LogP) is 0.152. The van der Waals surface area contributed by atoms with Crippen LogP contribution < -0.4 is 5.32 Å². The number of Topliss-reactive ketones (excluding diaryl/α,β-unsaturated/α-hetero) is 1. The molecule has 0 amide bonds. The molecule has 0 saturated carbocycles. The summed E-state index contributed by atoms with van der Waals surface area (Å²) in [6.45, 7) is 3.42.